The average molecular weight is 415 g/mol. The predicted molar refractivity (Wildman–Crippen MR) is 92.4 cm³/mol. The number of hydrogen-bond acceptors (Lipinski definition) is 5. The SMILES string of the molecule is CNC(C)(CO)C(O)C(O)Cc1ccc(OCCCC(F)(F)C(F)(F)F)cc1. The number of rotatable bonds is 11. The predicted octanol–water partition coefficient (Wildman–Crippen LogP) is 2.28. The smallest absolute Gasteiger partial charge is 0.453 e. The second-order valence-electron chi connectivity index (χ2n) is 6.84. The van der Waals surface area contributed by atoms with E-state index in [2.05, 4.69) is 5.32 Å². The highest BCUT2D eigenvalue weighted by Crippen LogP contribution is 2.38. The van der Waals surface area contributed by atoms with E-state index in [1.807, 2.05) is 0 Å². The Labute approximate surface area is 160 Å². The van der Waals surface area contributed by atoms with E-state index in [9.17, 15) is 37.3 Å². The lowest BCUT2D eigenvalue weighted by Crippen LogP contribution is -2.58. The fourth-order valence-electron chi connectivity index (χ4n) is 2.45. The molecule has 3 atom stereocenters. The topological polar surface area (TPSA) is 82.0 Å². The van der Waals surface area contributed by atoms with Crippen LogP contribution in [0.4, 0.5) is 22.0 Å². The first kappa shape index (κ1) is 24.5. The lowest BCUT2D eigenvalue weighted by molar-refractivity contribution is -0.284. The van der Waals surface area contributed by atoms with Gasteiger partial charge in [0.1, 0.15) is 11.9 Å². The van der Waals surface area contributed by atoms with Crippen molar-refractivity contribution in [2.24, 2.45) is 0 Å². The Morgan fingerprint density at radius 1 is 1.07 bits per heavy atom. The Morgan fingerprint density at radius 3 is 2.11 bits per heavy atom. The van der Waals surface area contributed by atoms with Crippen molar-refractivity contribution >= 4 is 0 Å². The van der Waals surface area contributed by atoms with E-state index in [4.69, 9.17) is 4.74 Å². The second-order valence-corrected chi connectivity index (χ2v) is 6.84. The van der Waals surface area contributed by atoms with Crippen molar-refractivity contribution in [2.75, 3.05) is 20.3 Å². The summed E-state index contributed by atoms with van der Waals surface area (Å²) in [5.74, 6) is -4.46. The van der Waals surface area contributed by atoms with Gasteiger partial charge in [-0.2, -0.15) is 22.0 Å². The molecule has 1 aromatic rings. The van der Waals surface area contributed by atoms with Crippen LogP contribution in [0.5, 0.6) is 5.75 Å². The minimum atomic E-state index is -5.57. The number of halogens is 5. The van der Waals surface area contributed by atoms with E-state index in [-0.39, 0.29) is 25.4 Å². The quantitative estimate of drug-likeness (QED) is 0.329. The van der Waals surface area contributed by atoms with Crippen LogP contribution in [-0.4, -0.2) is 65.4 Å². The lowest BCUT2D eigenvalue weighted by Gasteiger charge is -2.35. The van der Waals surface area contributed by atoms with Crippen LogP contribution in [0.15, 0.2) is 24.3 Å². The third-order valence-corrected chi connectivity index (χ3v) is 4.60. The summed E-state index contributed by atoms with van der Waals surface area (Å²) >= 11 is 0. The normalized spacial score (nSPS) is 17.1. The molecule has 0 aliphatic rings. The van der Waals surface area contributed by atoms with Crippen molar-refractivity contribution in [1.82, 2.24) is 5.32 Å². The number of benzene rings is 1. The zero-order valence-electron chi connectivity index (χ0n) is 15.6. The monoisotopic (exact) mass is 415 g/mol. The van der Waals surface area contributed by atoms with Gasteiger partial charge in [-0.3, -0.25) is 0 Å². The van der Waals surface area contributed by atoms with Gasteiger partial charge in [0.2, 0.25) is 0 Å². The molecule has 0 aliphatic carbocycles. The van der Waals surface area contributed by atoms with Gasteiger partial charge in [-0.05, 0) is 38.1 Å². The molecule has 0 spiro atoms. The number of aliphatic hydroxyl groups is 3. The molecular weight excluding hydrogens is 389 g/mol. The Kier molecular flexibility index (Phi) is 8.61. The van der Waals surface area contributed by atoms with Crippen molar-refractivity contribution in [3.63, 3.8) is 0 Å². The summed E-state index contributed by atoms with van der Waals surface area (Å²) in [6.07, 6.45) is -9.72. The summed E-state index contributed by atoms with van der Waals surface area (Å²) in [5, 5.41) is 32.4. The zero-order chi connectivity index (χ0) is 21.6. The molecule has 0 aliphatic heterocycles. The highest BCUT2D eigenvalue weighted by Gasteiger charge is 2.56. The molecule has 0 heterocycles. The van der Waals surface area contributed by atoms with Crippen LogP contribution in [-0.2, 0) is 6.42 Å². The highest BCUT2D eigenvalue weighted by molar-refractivity contribution is 5.27. The fourth-order valence-corrected chi connectivity index (χ4v) is 2.45. The molecular formula is C18H26F5NO4. The summed E-state index contributed by atoms with van der Waals surface area (Å²) in [7, 11) is 1.54. The molecule has 28 heavy (non-hydrogen) atoms. The van der Waals surface area contributed by atoms with Gasteiger partial charge in [0.05, 0.1) is 24.9 Å². The number of likely N-dealkylation sites (N-methyl/N-ethyl adjacent to an activating group) is 1. The van der Waals surface area contributed by atoms with E-state index in [0.717, 1.165) is 0 Å². The first-order chi connectivity index (χ1) is 12.9. The fraction of sp³-hybridized carbons (Fsp3) is 0.667. The first-order valence-corrected chi connectivity index (χ1v) is 8.68. The van der Waals surface area contributed by atoms with Crippen LogP contribution in [0, 0.1) is 0 Å². The molecule has 1 rings (SSSR count). The van der Waals surface area contributed by atoms with E-state index in [1.165, 1.54) is 12.1 Å². The van der Waals surface area contributed by atoms with Crippen molar-refractivity contribution in [3.05, 3.63) is 29.8 Å². The van der Waals surface area contributed by atoms with Gasteiger partial charge in [0, 0.05) is 12.8 Å². The molecule has 0 saturated heterocycles. The number of aliphatic hydroxyl groups excluding tert-OH is 3. The molecule has 10 heteroatoms. The van der Waals surface area contributed by atoms with Gasteiger partial charge in [-0.25, -0.2) is 0 Å². The van der Waals surface area contributed by atoms with Crippen LogP contribution in [0.25, 0.3) is 0 Å². The average Bonchev–Trinajstić information content (AvgIpc) is 2.64. The number of nitrogens with one attached hydrogen (secondary N) is 1. The summed E-state index contributed by atoms with van der Waals surface area (Å²) in [6, 6.07) is 6.12. The summed E-state index contributed by atoms with van der Waals surface area (Å²) in [6.45, 7) is 0.866. The molecule has 5 nitrogen and oxygen atoms in total. The molecule has 0 amide bonds. The molecule has 0 radical (unpaired) electrons. The summed E-state index contributed by atoms with van der Waals surface area (Å²) in [4.78, 5) is 0. The Hall–Kier alpha value is -1.49. The molecule has 1 aromatic carbocycles. The zero-order valence-corrected chi connectivity index (χ0v) is 15.6. The Bertz CT molecular complexity index is 591. The van der Waals surface area contributed by atoms with Crippen molar-refractivity contribution in [1.29, 1.82) is 0 Å². The van der Waals surface area contributed by atoms with Crippen molar-refractivity contribution in [2.45, 2.75) is 56.0 Å². The molecule has 0 saturated carbocycles. The van der Waals surface area contributed by atoms with Gasteiger partial charge >= 0.3 is 12.1 Å². The Balaban J connectivity index is 2.52. The molecule has 0 fully saturated rings. The van der Waals surface area contributed by atoms with E-state index >= 15 is 0 Å². The maximum atomic E-state index is 12.8. The summed E-state index contributed by atoms with van der Waals surface area (Å²) < 4.78 is 66.9. The minimum Gasteiger partial charge on any atom is -0.494 e. The van der Waals surface area contributed by atoms with Gasteiger partial charge < -0.3 is 25.4 Å². The molecule has 0 aromatic heterocycles. The number of hydrogen-bond donors (Lipinski definition) is 4. The van der Waals surface area contributed by atoms with Crippen LogP contribution < -0.4 is 10.1 Å². The standard InChI is InChI=1S/C18H26F5NO4/c1-16(11-25,24-2)15(27)14(26)10-12-4-6-13(7-5-12)28-9-3-8-17(19,20)18(21,22)23/h4-7,14-15,24-27H,3,8-11H2,1-2H3. The summed E-state index contributed by atoms with van der Waals surface area (Å²) in [5.41, 5.74) is -0.445. The van der Waals surface area contributed by atoms with Crippen molar-refractivity contribution < 1.29 is 42.0 Å². The first-order valence-electron chi connectivity index (χ1n) is 8.68. The van der Waals surface area contributed by atoms with Gasteiger partial charge in [0.15, 0.2) is 0 Å². The third-order valence-electron chi connectivity index (χ3n) is 4.60. The maximum Gasteiger partial charge on any atom is 0.453 e. The van der Waals surface area contributed by atoms with Crippen LogP contribution in [0.1, 0.15) is 25.3 Å². The minimum absolute atomic E-state index is 0.0799. The lowest BCUT2D eigenvalue weighted by atomic mass is 9.89. The van der Waals surface area contributed by atoms with Gasteiger partial charge in [-0.1, -0.05) is 12.1 Å². The second kappa shape index (κ2) is 9.82. The van der Waals surface area contributed by atoms with Crippen LogP contribution in [0.3, 0.4) is 0 Å². The van der Waals surface area contributed by atoms with Crippen LogP contribution in [0.2, 0.25) is 0 Å². The highest BCUT2D eigenvalue weighted by atomic mass is 19.4. The van der Waals surface area contributed by atoms with E-state index in [1.54, 1.807) is 26.1 Å². The van der Waals surface area contributed by atoms with E-state index in [0.29, 0.717) is 5.56 Å². The Morgan fingerprint density at radius 2 is 1.64 bits per heavy atom. The van der Waals surface area contributed by atoms with Gasteiger partial charge in [-0.15, -0.1) is 0 Å². The van der Waals surface area contributed by atoms with Crippen molar-refractivity contribution in [3.8, 4) is 5.75 Å². The molecule has 162 valence electrons. The van der Waals surface area contributed by atoms with Crippen LogP contribution >= 0.6 is 0 Å². The van der Waals surface area contributed by atoms with Gasteiger partial charge in [0.25, 0.3) is 0 Å². The maximum absolute atomic E-state index is 12.8. The number of alkyl halides is 5. The molecule has 4 N–H and O–H groups in total. The molecule has 3 unspecified atom stereocenters. The molecule has 0 bridgehead atoms. The largest absolute Gasteiger partial charge is 0.494 e. The number of ether oxygens (including phenoxy) is 1. The third kappa shape index (κ3) is 6.54. The van der Waals surface area contributed by atoms with E-state index < -0.39 is 42.7 Å².